The third-order valence-electron chi connectivity index (χ3n) is 7.26. The molecule has 0 bridgehead atoms. The van der Waals surface area contributed by atoms with Gasteiger partial charge in [0, 0.05) is 55.9 Å². The van der Waals surface area contributed by atoms with E-state index in [1.54, 1.807) is 0 Å². The third kappa shape index (κ3) is 3.56. The molecule has 2 atom stereocenters. The number of halogens is 1. The van der Waals surface area contributed by atoms with E-state index in [0.717, 1.165) is 61.3 Å². The lowest BCUT2D eigenvalue weighted by Gasteiger charge is -2.28. The maximum Gasteiger partial charge on any atom is 0.230 e. The molecule has 2 aromatic rings. The molecular formula is C24H31ClN4O. The lowest BCUT2D eigenvalue weighted by Crippen LogP contribution is -2.40. The van der Waals surface area contributed by atoms with Crippen molar-refractivity contribution < 1.29 is 4.79 Å². The van der Waals surface area contributed by atoms with Gasteiger partial charge < -0.3 is 9.47 Å². The first-order valence-electron chi connectivity index (χ1n) is 11.2. The van der Waals surface area contributed by atoms with Crippen molar-refractivity contribution in [3.8, 4) is 0 Å². The number of hydrogen-bond acceptors (Lipinski definition) is 3. The van der Waals surface area contributed by atoms with Crippen molar-refractivity contribution in [2.75, 3.05) is 26.2 Å². The van der Waals surface area contributed by atoms with Gasteiger partial charge in [-0.3, -0.25) is 9.69 Å². The van der Waals surface area contributed by atoms with Crippen LogP contribution in [0.15, 0.2) is 36.8 Å². The molecule has 1 aliphatic carbocycles. The van der Waals surface area contributed by atoms with Crippen LogP contribution in [0.3, 0.4) is 0 Å². The van der Waals surface area contributed by atoms with Crippen LogP contribution in [0.25, 0.3) is 0 Å². The SMILES string of the molecule is CC(C)n1cnc([C@@H]2CN(Cc3ccccc3Cl)C[C@]23CCN(CC2CC2)C3=O)c1. The molecule has 3 aliphatic rings. The molecule has 6 heteroatoms. The largest absolute Gasteiger partial charge is 0.342 e. The summed E-state index contributed by atoms with van der Waals surface area (Å²) in [5, 5.41) is 0.798. The van der Waals surface area contributed by atoms with E-state index in [0.29, 0.717) is 11.9 Å². The molecule has 1 aromatic heterocycles. The third-order valence-corrected chi connectivity index (χ3v) is 7.63. The zero-order valence-electron chi connectivity index (χ0n) is 17.9. The molecule has 5 rings (SSSR count). The van der Waals surface area contributed by atoms with Gasteiger partial charge in [-0.2, -0.15) is 0 Å². The first-order valence-corrected chi connectivity index (χ1v) is 11.6. The smallest absolute Gasteiger partial charge is 0.230 e. The first kappa shape index (κ1) is 20.1. The van der Waals surface area contributed by atoms with Crippen molar-refractivity contribution >= 4 is 17.5 Å². The number of carbonyl (C=O) groups excluding carboxylic acids is 1. The number of benzene rings is 1. The van der Waals surface area contributed by atoms with Crippen molar-refractivity contribution in [1.82, 2.24) is 19.4 Å². The van der Waals surface area contributed by atoms with Crippen molar-refractivity contribution in [1.29, 1.82) is 0 Å². The van der Waals surface area contributed by atoms with Crippen LogP contribution in [-0.4, -0.2) is 51.4 Å². The monoisotopic (exact) mass is 426 g/mol. The standard InChI is InChI=1S/C24H31ClN4O/c1-17(2)29-14-22(26-16-29)20-13-27(12-19-5-3-4-6-21(19)25)15-24(20)9-10-28(23(24)30)11-18-7-8-18/h3-6,14,16-18,20H,7-13,15H2,1-2H3/t20-,24+/m0/s1. The Hall–Kier alpha value is -1.85. The number of rotatable bonds is 6. The Balaban J connectivity index is 1.44. The zero-order chi connectivity index (χ0) is 20.9. The topological polar surface area (TPSA) is 41.4 Å². The van der Waals surface area contributed by atoms with Gasteiger partial charge in [0.1, 0.15) is 0 Å². The number of nitrogens with zero attached hydrogens (tertiary/aromatic N) is 4. The molecule has 5 nitrogen and oxygen atoms in total. The summed E-state index contributed by atoms with van der Waals surface area (Å²) in [6.07, 6.45) is 7.56. The Morgan fingerprint density at radius 3 is 2.77 bits per heavy atom. The Morgan fingerprint density at radius 1 is 1.27 bits per heavy atom. The van der Waals surface area contributed by atoms with E-state index in [1.165, 1.54) is 12.8 Å². The summed E-state index contributed by atoms with van der Waals surface area (Å²) in [5.74, 6) is 1.21. The molecule has 2 saturated heterocycles. The number of hydrogen-bond donors (Lipinski definition) is 0. The predicted octanol–water partition coefficient (Wildman–Crippen LogP) is 4.35. The van der Waals surface area contributed by atoms with E-state index < -0.39 is 0 Å². The molecule has 1 aromatic carbocycles. The minimum absolute atomic E-state index is 0.136. The van der Waals surface area contributed by atoms with Gasteiger partial charge in [-0.25, -0.2) is 4.98 Å². The van der Waals surface area contributed by atoms with Gasteiger partial charge in [0.15, 0.2) is 0 Å². The van der Waals surface area contributed by atoms with Crippen molar-refractivity contribution in [3.63, 3.8) is 0 Å². The summed E-state index contributed by atoms with van der Waals surface area (Å²) in [7, 11) is 0. The molecule has 1 saturated carbocycles. The van der Waals surface area contributed by atoms with E-state index in [-0.39, 0.29) is 11.3 Å². The molecule has 3 heterocycles. The predicted molar refractivity (Wildman–Crippen MR) is 118 cm³/mol. The summed E-state index contributed by atoms with van der Waals surface area (Å²) in [4.78, 5) is 23.0. The van der Waals surface area contributed by atoms with Gasteiger partial charge in [-0.15, -0.1) is 0 Å². The number of carbonyl (C=O) groups is 1. The number of aromatic nitrogens is 2. The molecule has 1 amide bonds. The molecular weight excluding hydrogens is 396 g/mol. The summed E-state index contributed by atoms with van der Waals surface area (Å²) >= 11 is 6.44. The minimum atomic E-state index is -0.355. The summed E-state index contributed by atoms with van der Waals surface area (Å²) in [6.45, 7) is 8.57. The fraction of sp³-hybridized carbons (Fsp3) is 0.583. The number of amides is 1. The molecule has 2 aliphatic heterocycles. The highest BCUT2D eigenvalue weighted by Gasteiger charge is 2.58. The Labute approximate surface area is 184 Å². The van der Waals surface area contributed by atoms with E-state index in [1.807, 2.05) is 24.5 Å². The summed E-state index contributed by atoms with van der Waals surface area (Å²) in [6, 6.07) is 8.41. The van der Waals surface area contributed by atoms with Crippen LogP contribution in [0.2, 0.25) is 5.02 Å². The molecule has 160 valence electrons. The van der Waals surface area contributed by atoms with Crippen LogP contribution in [0.5, 0.6) is 0 Å². The maximum absolute atomic E-state index is 13.7. The zero-order valence-corrected chi connectivity index (χ0v) is 18.7. The van der Waals surface area contributed by atoms with Crippen molar-refractivity contribution in [3.05, 3.63) is 53.1 Å². The lowest BCUT2D eigenvalue weighted by atomic mass is 9.75. The molecule has 0 radical (unpaired) electrons. The molecule has 30 heavy (non-hydrogen) atoms. The van der Waals surface area contributed by atoms with Crippen LogP contribution >= 0.6 is 11.6 Å². The van der Waals surface area contributed by atoms with Gasteiger partial charge in [-0.1, -0.05) is 29.8 Å². The van der Waals surface area contributed by atoms with Crippen LogP contribution in [0.4, 0.5) is 0 Å². The summed E-state index contributed by atoms with van der Waals surface area (Å²) < 4.78 is 2.15. The summed E-state index contributed by atoms with van der Waals surface area (Å²) in [5.41, 5.74) is 1.83. The quantitative estimate of drug-likeness (QED) is 0.689. The lowest BCUT2D eigenvalue weighted by molar-refractivity contribution is -0.136. The second-order valence-electron chi connectivity index (χ2n) is 9.75. The van der Waals surface area contributed by atoms with Crippen LogP contribution < -0.4 is 0 Å². The minimum Gasteiger partial charge on any atom is -0.342 e. The van der Waals surface area contributed by atoms with Crippen LogP contribution in [0.1, 0.15) is 56.3 Å². The van der Waals surface area contributed by atoms with E-state index in [4.69, 9.17) is 16.6 Å². The van der Waals surface area contributed by atoms with Gasteiger partial charge >= 0.3 is 0 Å². The second kappa shape index (κ2) is 7.69. The van der Waals surface area contributed by atoms with Crippen molar-refractivity contribution in [2.24, 2.45) is 11.3 Å². The van der Waals surface area contributed by atoms with E-state index in [9.17, 15) is 4.79 Å². The van der Waals surface area contributed by atoms with Gasteiger partial charge in [-0.05, 0) is 50.7 Å². The highest BCUT2D eigenvalue weighted by Crippen LogP contribution is 2.50. The Bertz CT molecular complexity index is 937. The van der Waals surface area contributed by atoms with E-state index in [2.05, 4.69) is 40.5 Å². The molecule has 1 spiro atoms. The number of likely N-dealkylation sites (tertiary alicyclic amines) is 2. The normalized spacial score (nSPS) is 27.1. The first-order chi connectivity index (χ1) is 14.5. The highest BCUT2D eigenvalue weighted by molar-refractivity contribution is 6.31. The molecule has 0 N–H and O–H groups in total. The van der Waals surface area contributed by atoms with Gasteiger partial charge in [0.25, 0.3) is 0 Å². The molecule has 0 unspecified atom stereocenters. The fourth-order valence-electron chi connectivity index (χ4n) is 5.30. The fourth-order valence-corrected chi connectivity index (χ4v) is 5.50. The van der Waals surface area contributed by atoms with Gasteiger partial charge in [0.2, 0.25) is 5.91 Å². The molecule has 3 fully saturated rings. The van der Waals surface area contributed by atoms with Crippen LogP contribution in [0, 0.1) is 11.3 Å². The maximum atomic E-state index is 13.7. The van der Waals surface area contributed by atoms with Gasteiger partial charge in [0.05, 0.1) is 17.4 Å². The average molecular weight is 427 g/mol. The van der Waals surface area contributed by atoms with E-state index >= 15 is 0 Å². The van der Waals surface area contributed by atoms with Crippen LogP contribution in [-0.2, 0) is 11.3 Å². The average Bonchev–Trinajstić information content (AvgIpc) is 3.15. The van der Waals surface area contributed by atoms with Crippen molar-refractivity contribution in [2.45, 2.75) is 51.6 Å². The highest BCUT2D eigenvalue weighted by atomic mass is 35.5. The second-order valence-corrected chi connectivity index (χ2v) is 10.2. The number of imidazole rings is 1. The Kier molecular flexibility index (Phi) is 5.14. The Morgan fingerprint density at radius 2 is 2.07 bits per heavy atom.